The predicted octanol–water partition coefficient (Wildman–Crippen LogP) is 3.31. The molecule has 3 aromatic heterocycles. The molecule has 12 heteroatoms. The summed E-state index contributed by atoms with van der Waals surface area (Å²) in [4.78, 5) is 26.5. The lowest BCUT2D eigenvalue weighted by Crippen LogP contribution is -2.26. The van der Waals surface area contributed by atoms with E-state index < -0.39 is 23.0 Å². The van der Waals surface area contributed by atoms with Gasteiger partial charge < -0.3 is 0 Å². The Balaban J connectivity index is 1.69. The summed E-state index contributed by atoms with van der Waals surface area (Å²) in [5.41, 5.74) is -0.557. The van der Waals surface area contributed by atoms with Crippen LogP contribution in [0.5, 0.6) is 0 Å². The number of aryl methyl sites for hydroxylation is 1. The Morgan fingerprint density at radius 2 is 1.71 bits per heavy atom. The van der Waals surface area contributed by atoms with Gasteiger partial charge in [0.05, 0.1) is 18.7 Å². The number of alkyl halides is 3. The van der Waals surface area contributed by atoms with E-state index in [4.69, 9.17) is 11.6 Å². The van der Waals surface area contributed by atoms with Crippen molar-refractivity contribution in [1.82, 2.24) is 28.5 Å². The second kappa shape index (κ2) is 7.87. The lowest BCUT2D eigenvalue weighted by Gasteiger charge is -2.08. The summed E-state index contributed by atoms with van der Waals surface area (Å²) in [6.07, 6.45) is -2.99. The van der Waals surface area contributed by atoms with Gasteiger partial charge in [-0.2, -0.15) is 18.3 Å². The summed E-state index contributed by atoms with van der Waals surface area (Å²) >= 11 is 5.95. The van der Waals surface area contributed by atoms with Crippen LogP contribution in [0.15, 0.2) is 64.3 Å². The molecular formula is C22H16ClF3N6O2. The van der Waals surface area contributed by atoms with Crippen molar-refractivity contribution in [3.63, 3.8) is 0 Å². The van der Waals surface area contributed by atoms with E-state index in [1.807, 2.05) is 0 Å². The Labute approximate surface area is 194 Å². The van der Waals surface area contributed by atoms with Crippen molar-refractivity contribution in [1.29, 1.82) is 0 Å². The highest BCUT2D eigenvalue weighted by Gasteiger charge is 2.30. The van der Waals surface area contributed by atoms with Crippen LogP contribution in [0.25, 0.3) is 16.8 Å². The number of hydrogen-bond acceptors (Lipinski definition) is 4. The number of hydrogen-bond donors (Lipinski definition) is 0. The van der Waals surface area contributed by atoms with Gasteiger partial charge in [0.25, 0.3) is 5.56 Å². The molecule has 0 fully saturated rings. The molecule has 0 amide bonds. The third kappa shape index (κ3) is 3.77. The summed E-state index contributed by atoms with van der Waals surface area (Å²) in [6.45, 7) is -0.118. The van der Waals surface area contributed by atoms with E-state index in [0.717, 1.165) is 22.4 Å². The van der Waals surface area contributed by atoms with Crippen LogP contribution in [0.1, 0.15) is 16.7 Å². The second-order valence-corrected chi connectivity index (χ2v) is 8.26. The minimum Gasteiger partial charge on any atom is -0.273 e. The lowest BCUT2D eigenvalue weighted by atomic mass is 10.1. The zero-order valence-electron chi connectivity index (χ0n) is 17.6. The van der Waals surface area contributed by atoms with Crippen LogP contribution in [-0.4, -0.2) is 28.5 Å². The summed E-state index contributed by atoms with van der Waals surface area (Å²) in [5.74, 6) is 0.0532. The first-order chi connectivity index (χ1) is 16.1. The van der Waals surface area contributed by atoms with E-state index in [-0.39, 0.29) is 35.5 Å². The molecule has 2 aromatic carbocycles. The van der Waals surface area contributed by atoms with E-state index in [1.165, 1.54) is 32.0 Å². The maximum atomic E-state index is 13.3. The van der Waals surface area contributed by atoms with E-state index in [9.17, 15) is 22.8 Å². The molecule has 0 radical (unpaired) electrons. The third-order valence-electron chi connectivity index (χ3n) is 5.40. The minimum atomic E-state index is -4.51. The first-order valence-electron chi connectivity index (χ1n) is 10.1. The topological polar surface area (TPSA) is 79.1 Å². The number of fused-ring (bicyclic) bond motifs is 3. The Kier molecular flexibility index (Phi) is 5.08. The second-order valence-electron chi connectivity index (χ2n) is 7.83. The minimum absolute atomic E-state index is 0.0532. The van der Waals surface area contributed by atoms with Crippen molar-refractivity contribution in [2.75, 3.05) is 0 Å². The molecule has 0 unspecified atom stereocenters. The number of nitrogens with zero attached hydrogens (tertiary/aromatic N) is 6. The molecule has 0 atom stereocenters. The van der Waals surface area contributed by atoms with E-state index >= 15 is 0 Å². The van der Waals surface area contributed by atoms with Crippen molar-refractivity contribution < 1.29 is 13.2 Å². The van der Waals surface area contributed by atoms with Gasteiger partial charge in [0.2, 0.25) is 5.78 Å². The van der Waals surface area contributed by atoms with Gasteiger partial charge in [-0.25, -0.2) is 13.9 Å². The number of halogens is 4. The van der Waals surface area contributed by atoms with Gasteiger partial charge in [0.1, 0.15) is 5.52 Å². The monoisotopic (exact) mass is 488 g/mol. The highest BCUT2D eigenvalue weighted by molar-refractivity contribution is 6.30. The van der Waals surface area contributed by atoms with Crippen LogP contribution in [0.2, 0.25) is 5.02 Å². The molecular weight excluding hydrogens is 473 g/mol. The molecule has 8 nitrogen and oxygen atoms in total. The fraction of sp³-hybridized carbons (Fsp3) is 0.182. The molecule has 3 heterocycles. The van der Waals surface area contributed by atoms with Crippen LogP contribution in [-0.2, 0) is 26.3 Å². The standard InChI is InChI=1S/C22H16ClF3N6O2/c1-29-12-17-18(27-29)19(33)30(10-13-5-7-16(23)8-6-13)20-28-31(21(34)32(17)20)11-14-3-2-4-15(9-14)22(24,25)26/h2-9,12H,10-11H2,1H3. The molecule has 0 spiro atoms. The largest absolute Gasteiger partial charge is 0.416 e. The van der Waals surface area contributed by atoms with Gasteiger partial charge in [-0.1, -0.05) is 35.9 Å². The molecule has 0 bridgehead atoms. The highest BCUT2D eigenvalue weighted by atomic mass is 35.5. The van der Waals surface area contributed by atoms with E-state index in [0.29, 0.717) is 5.02 Å². The molecule has 0 saturated heterocycles. The van der Waals surface area contributed by atoms with Crippen molar-refractivity contribution in [3.8, 4) is 0 Å². The third-order valence-corrected chi connectivity index (χ3v) is 5.65. The van der Waals surface area contributed by atoms with Gasteiger partial charge in [0.15, 0.2) is 5.52 Å². The Morgan fingerprint density at radius 1 is 0.971 bits per heavy atom. The molecule has 34 heavy (non-hydrogen) atoms. The summed E-state index contributed by atoms with van der Waals surface area (Å²) in [7, 11) is 1.62. The maximum Gasteiger partial charge on any atom is 0.416 e. The lowest BCUT2D eigenvalue weighted by molar-refractivity contribution is -0.137. The first kappa shape index (κ1) is 22.0. The molecule has 174 valence electrons. The van der Waals surface area contributed by atoms with Gasteiger partial charge >= 0.3 is 11.9 Å². The van der Waals surface area contributed by atoms with Crippen molar-refractivity contribution in [2.24, 2.45) is 7.05 Å². The van der Waals surface area contributed by atoms with Crippen molar-refractivity contribution in [3.05, 3.63) is 97.3 Å². The molecule has 5 aromatic rings. The van der Waals surface area contributed by atoms with Gasteiger partial charge in [-0.3, -0.25) is 14.0 Å². The van der Waals surface area contributed by atoms with E-state index in [1.54, 1.807) is 31.3 Å². The maximum absolute atomic E-state index is 13.3. The Morgan fingerprint density at radius 3 is 2.41 bits per heavy atom. The van der Waals surface area contributed by atoms with Crippen LogP contribution in [0, 0.1) is 0 Å². The van der Waals surface area contributed by atoms with Crippen LogP contribution in [0.4, 0.5) is 13.2 Å². The Bertz CT molecular complexity index is 1660. The summed E-state index contributed by atoms with van der Waals surface area (Å²) < 4.78 is 44.3. The Hall–Kier alpha value is -3.86. The summed E-state index contributed by atoms with van der Waals surface area (Å²) in [5, 5.41) is 9.04. The molecule has 5 rings (SSSR count). The average molecular weight is 489 g/mol. The fourth-order valence-corrected chi connectivity index (χ4v) is 3.96. The van der Waals surface area contributed by atoms with Crippen molar-refractivity contribution in [2.45, 2.75) is 19.3 Å². The molecule has 0 aliphatic rings. The zero-order valence-corrected chi connectivity index (χ0v) is 18.4. The normalized spacial score (nSPS) is 12.1. The highest BCUT2D eigenvalue weighted by Crippen LogP contribution is 2.29. The van der Waals surface area contributed by atoms with Crippen LogP contribution < -0.4 is 11.2 Å². The molecule has 0 N–H and O–H groups in total. The first-order valence-corrected chi connectivity index (χ1v) is 10.5. The molecule has 0 saturated carbocycles. The number of benzene rings is 2. The van der Waals surface area contributed by atoms with Crippen LogP contribution in [0.3, 0.4) is 0 Å². The smallest absolute Gasteiger partial charge is 0.273 e. The van der Waals surface area contributed by atoms with Gasteiger partial charge in [-0.05, 0) is 35.4 Å². The number of rotatable bonds is 4. The summed E-state index contributed by atoms with van der Waals surface area (Å²) in [6, 6.07) is 11.5. The molecule has 0 aliphatic carbocycles. The average Bonchev–Trinajstić information content (AvgIpc) is 3.32. The quantitative estimate of drug-likeness (QED) is 0.389. The predicted molar refractivity (Wildman–Crippen MR) is 119 cm³/mol. The zero-order chi connectivity index (χ0) is 24.2. The van der Waals surface area contributed by atoms with Crippen LogP contribution >= 0.6 is 11.6 Å². The van der Waals surface area contributed by atoms with Gasteiger partial charge in [0, 0.05) is 18.3 Å². The van der Waals surface area contributed by atoms with Crippen molar-refractivity contribution >= 4 is 28.4 Å². The van der Waals surface area contributed by atoms with Gasteiger partial charge in [-0.15, -0.1) is 5.10 Å². The molecule has 0 aliphatic heterocycles. The SMILES string of the molecule is Cn1cc2c(n1)c(=O)n(Cc1ccc(Cl)cc1)c1nn(Cc3cccc(C(F)(F)F)c3)c(=O)n21. The number of aromatic nitrogens is 6. The van der Waals surface area contributed by atoms with E-state index in [2.05, 4.69) is 10.2 Å². The fourth-order valence-electron chi connectivity index (χ4n) is 3.83.